The molecule has 0 saturated heterocycles. The lowest BCUT2D eigenvalue weighted by molar-refractivity contribution is -0.131. The molecule has 6 nitrogen and oxygen atoms in total. The Hall–Kier alpha value is -1.51. The van der Waals surface area contributed by atoms with E-state index in [9.17, 15) is 4.79 Å². The maximum Gasteiger partial charge on any atom is 0.242 e. The fourth-order valence-electron chi connectivity index (χ4n) is 2.23. The number of halogens is 1. The molecule has 1 heterocycles. The normalized spacial score (nSPS) is 10.8. The number of hydrogen-bond donors (Lipinski definition) is 1. The van der Waals surface area contributed by atoms with Crippen molar-refractivity contribution in [3.8, 4) is 0 Å². The summed E-state index contributed by atoms with van der Waals surface area (Å²) in [4.78, 5) is 20.5. The van der Waals surface area contributed by atoms with Gasteiger partial charge in [-0.15, -0.1) is 24.0 Å². The predicted octanol–water partition coefficient (Wildman–Crippen LogP) is 2.76. The molecule has 1 N–H and O–H groups in total. The number of carbonyl (C=O) groups is 1. The summed E-state index contributed by atoms with van der Waals surface area (Å²) in [7, 11) is 1.87. The second-order valence-corrected chi connectivity index (χ2v) is 5.78. The van der Waals surface area contributed by atoms with Gasteiger partial charge in [-0.05, 0) is 32.9 Å². The standard InChI is InChI=1S/C18H30N4O2.HI/c1-6-22(7-2)17(23)14-21(5)18(20-13-15(3)4)19-11-10-16-9-8-12-24-16;/h8-9,12H,3,6-7,10-11,13-14H2,1-2,4-5H3,(H,19,20);1H. The van der Waals surface area contributed by atoms with Crippen molar-refractivity contribution in [3.05, 3.63) is 36.3 Å². The van der Waals surface area contributed by atoms with Crippen LogP contribution in [0.25, 0.3) is 0 Å². The number of nitrogens with zero attached hydrogens (tertiary/aromatic N) is 3. The molecule has 7 heteroatoms. The first kappa shape index (κ1) is 23.5. The molecule has 0 aromatic carbocycles. The molecule has 142 valence electrons. The smallest absolute Gasteiger partial charge is 0.242 e. The Morgan fingerprint density at radius 2 is 2.04 bits per heavy atom. The number of furan rings is 1. The minimum atomic E-state index is 0. The summed E-state index contributed by atoms with van der Waals surface area (Å²) < 4.78 is 5.33. The fourth-order valence-corrected chi connectivity index (χ4v) is 2.23. The van der Waals surface area contributed by atoms with Gasteiger partial charge in [0.25, 0.3) is 0 Å². The van der Waals surface area contributed by atoms with E-state index >= 15 is 0 Å². The van der Waals surface area contributed by atoms with E-state index in [0.29, 0.717) is 38.7 Å². The van der Waals surface area contributed by atoms with E-state index < -0.39 is 0 Å². The van der Waals surface area contributed by atoms with Crippen molar-refractivity contribution in [3.63, 3.8) is 0 Å². The molecule has 1 rings (SSSR count). The molecule has 0 fully saturated rings. The van der Waals surface area contributed by atoms with Crippen molar-refractivity contribution in [1.82, 2.24) is 15.1 Å². The van der Waals surface area contributed by atoms with Gasteiger partial charge in [0, 0.05) is 33.1 Å². The van der Waals surface area contributed by atoms with Crippen LogP contribution in [-0.4, -0.2) is 61.4 Å². The number of amides is 1. The maximum absolute atomic E-state index is 12.3. The molecule has 0 atom stereocenters. The third-order valence-corrected chi connectivity index (χ3v) is 3.58. The van der Waals surface area contributed by atoms with Crippen molar-refractivity contribution < 1.29 is 9.21 Å². The van der Waals surface area contributed by atoms with E-state index in [4.69, 9.17) is 4.42 Å². The summed E-state index contributed by atoms with van der Waals surface area (Å²) >= 11 is 0. The Morgan fingerprint density at radius 1 is 1.36 bits per heavy atom. The second-order valence-electron chi connectivity index (χ2n) is 5.78. The number of likely N-dealkylation sites (N-methyl/N-ethyl adjacent to an activating group) is 2. The number of nitrogens with one attached hydrogen (secondary N) is 1. The van der Waals surface area contributed by atoms with E-state index in [-0.39, 0.29) is 29.9 Å². The van der Waals surface area contributed by atoms with Crippen LogP contribution in [0.5, 0.6) is 0 Å². The zero-order valence-electron chi connectivity index (χ0n) is 15.7. The Kier molecular flexibility index (Phi) is 12.0. The van der Waals surface area contributed by atoms with E-state index in [1.807, 2.05) is 49.8 Å². The van der Waals surface area contributed by atoms with Gasteiger partial charge >= 0.3 is 0 Å². The van der Waals surface area contributed by atoms with Crippen LogP contribution in [-0.2, 0) is 11.2 Å². The molecule has 0 aliphatic rings. The zero-order valence-corrected chi connectivity index (χ0v) is 18.1. The van der Waals surface area contributed by atoms with Crippen molar-refractivity contribution in [2.75, 3.05) is 39.8 Å². The predicted molar refractivity (Wildman–Crippen MR) is 114 cm³/mol. The molecule has 1 aromatic heterocycles. The van der Waals surface area contributed by atoms with Crippen LogP contribution in [0.4, 0.5) is 0 Å². The summed E-state index contributed by atoms with van der Waals surface area (Å²) in [5.41, 5.74) is 0.976. The molecular formula is C18H31IN4O2. The summed E-state index contributed by atoms with van der Waals surface area (Å²) in [5.74, 6) is 1.71. The number of aliphatic imine (C=N–C) groups is 1. The highest BCUT2D eigenvalue weighted by Gasteiger charge is 2.15. The third-order valence-electron chi connectivity index (χ3n) is 3.58. The van der Waals surface area contributed by atoms with Crippen LogP contribution in [0, 0.1) is 0 Å². The van der Waals surface area contributed by atoms with Gasteiger partial charge in [0.1, 0.15) is 5.76 Å². The summed E-state index contributed by atoms with van der Waals surface area (Å²) in [6.07, 6.45) is 2.43. The first-order chi connectivity index (χ1) is 11.5. The van der Waals surface area contributed by atoms with Crippen LogP contribution in [0.15, 0.2) is 40.0 Å². The Bertz CT molecular complexity index is 539. The van der Waals surface area contributed by atoms with Gasteiger partial charge in [0.05, 0.1) is 19.4 Å². The molecular weight excluding hydrogens is 431 g/mol. The first-order valence-electron chi connectivity index (χ1n) is 8.41. The van der Waals surface area contributed by atoms with Crippen molar-refractivity contribution >= 4 is 35.8 Å². The molecule has 0 saturated carbocycles. The van der Waals surface area contributed by atoms with Crippen LogP contribution in [0.3, 0.4) is 0 Å². The highest BCUT2D eigenvalue weighted by Crippen LogP contribution is 2.00. The largest absolute Gasteiger partial charge is 0.469 e. The topological polar surface area (TPSA) is 61.1 Å². The molecule has 0 radical (unpaired) electrons. The van der Waals surface area contributed by atoms with Gasteiger partial charge in [-0.3, -0.25) is 4.79 Å². The Labute approximate surface area is 168 Å². The van der Waals surface area contributed by atoms with Crippen LogP contribution < -0.4 is 5.32 Å². The molecule has 0 unspecified atom stereocenters. The van der Waals surface area contributed by atoms with E-state index in [1.54, 1.807) is 6.26 Å². The van der Waals surface area contributed by atoms with Crippen molar-refractivity contribution in [2.24, 2.45) is 4.99 Å². The molecule has 0 spiro atoms. The first-order valence-corrected chi connectivity index (χ1v) is 8.41. The number of carbonyl (C=O) groups excluding carboxylic acids is 1. The van der Waals surface area contributed by atoms with Gasteiger partial charge in [-0.1, -0.05) is 12.2 Å². The Morgan fingerprint density at radius 3 is 2.56 bits per heavy atom. The average molecular weight is 462 g/mol. The lowest BCUT2D eigenvalue weighted by Crippen LogP contribution is -2.46. The van der Waals surface area contributed by atoms with Gasteiger partial charge in [-0.25, -0.2) is 4.99 Å². The minimum absolute atomic E-state index is 0. The molecule has 25 heavy (non-hydrogen) atoms. The van der Waals surface area contributed by atoms with Gasteiger partial charge in [-0.2, -0.15) is 0 Å². The number of hydrogen-bond acceptors (Lipinski definition) is 3. The monoisotopic (exact) mass is 462 g/mol. The molecule has 1 amide bonds. The van der Waals surface area contributed by atoms with E-state index in [0.717, 1.165) is 17.8 Å². The second kappa shape index (κ2) is 12.8. The van der Waals surface area contributed by atoms with Gasteiger partial charge < -0.3 is 19.5 Å². The number of guanidine groups is 1. The third kappa shape index (κ3) is 8.94. The van der Waals surface area contributed by atoms with Crippen LogP contribution >= 0.6 is 24.0 Å². The molecule has 0 aliphatic heterocycles. The lowest BCUT2D eigenvalue weighted by Gasteiger charge is -2.26. The number of rotatable bonds is 9. The molecule has 0 aliphatic carbocycles. The van der Waals surface area contributed by atoms with Crippen molar-refractivity contribution in [2.45, 2.75) is 27.2 Å². The van der Waals surface area contributed by atoms with E-state index in [2.05, 4.69) is 16.9 Å². The van der Waals surface area contributed by atoms with E-state index in [1.165, 1.54) is 0 Å². The summed E-state index contributed by atoms with van der Waals surface area (Å²) in [6.45, 7) is 12.7. The maximum atomic E-state index is 12.3. The van der Waals surface area contributed by atoms with Crippen LogP contribution in [0.1, 0.15) is 26.5 Å². The van der Waals surface area contributed by atoms with Crippen molar-refractivity contribution in [1.29, 1.82) is 0 Å². The summed E-state index contributed by atoms with van der Waals surface area (Å²) in [5, 5.41) is 3.30. The highest BCUT2D eigenvalue weighted by molar-refractivity contribution is 14.0. The fraction of sp³-hybridized carbons (Fsp3) is 0.556. The average Bonchev–Trinajstić information content (AvgIpc) is 3.04. The molecule has 0 bridgehead atoms. The SMILES string of the molecule is C=C(C)CN=C(NCCc1ccco1)N(C)CC(=O)N(CC)CC.I. The Balaban J connectivity index is 0.00000576. The molecule has 1 aromatic rings. The van der Waals surface area contributed by atoms with Crippen LogP contribution in [0.2, 0.25) is 0 Å². The van der Waals surface area contributed by atoms with Gasteiger partial charge in [0.2, 0.25) is 5.91 Å². The summed E-state index contributed by atoms with van der Waals surface area (Å²) in [6, 6.07) is 3.82. The van der Waals surface area contributed by atoms with Gasteiger partial charge in [0.15, 0.2) is 5.96 Å². The lowest BCUT2D eigenvalue weighted by atomic mass is 10.3. The zero-order chi connectivity index (χ0) is 17.9. The minimum Gasteiger partial charge on any atom is -0.469 e. The highest BCUT2D eigenvalue weighted by atomic mass is 127. The quantitative estimate of drug-likeness (QED) is 0.266.